The zero-order valence-corrected chi connectivity index (χ0v) is 15.6. The maximum atomic E-state index is 12.4. The number of carbonyl (C=O) groups is 2. The largest absolute Gasteiger partial charge is 0.495 e. The van der Waals surface area contributed by atoms with Gasteiger partial charge in [0.2, 0.25) is 11.8 Å². The Kier molecular flexibility index (Phi) is 6.34. The fourth-order valence-electron chi connectivity index (χ4n) is 3.07. The summed E-state index contributed by atoms with van der Waals surface area (Å²) >= 11 is 5.97. The Morgan fingerprint density at radius 3 is 2.73 bits per heavy atom. The van der Waals surface area contributed by atoms with Crippen molar-refractivity contribution in [1.29, 1.82) is 0 Å². The van der Waals surface area contributed by atoms with Crippen molar-refractivity contribution in [3.63, 3.8) is 0 Å². The van der Waals surface area contributed by atoms with E-state index in [-0.39, 0.29) is 23.7 Å². The van der Waals surface area contributed by atoms with Gasteiger partial charge in [0.15, 0.2) is 0 Å². The molecule has 1 aromatic rings. The van der Waals surface area contributed by atoms with Crippen LogP contribution in [-0.2, 0) is 14.3 Å². The molecule has 1 heterocycles. The van der Waals surface area contributed by atoms with Gasteiger partial charge in [0.05, 0.1) is 37.8 Å². The third kappa shape index (κ3) is 4.87. The van der Waals surface area contributed by atoms with Crippen molar-refractivity contribution in [2.24, 2.45) is 11.8 Å². The second kappa shape index (κ2) is 8.70. The van der Waals surface area contributed by atoms with Gasteiger partial charge in [0.25, 0.3) is 0 Å². The molecule has 1 saturated heterocycles. The number of hydrogen-bond acceptors (Lipinski definition) is 5. The number of nitrogens with zero attached hydrogens (tertiary/aromatic N) is 1. The molecular weight excluding hydrogens is 358 g/mol. The first-order valence-electron chi connectivity index (χ1n) is 8.80. The first-order valence-corrected chi connectivity index (χ1v) is 9.18. The van der Waals surface area contributed by atoms with Gasteiger partial charge in [0.1, 0.15) is 5.75 Å². The molecule has 3 rings (SSSR count). The lowest BCUT2D eigenvalue weighted by atomic mass is 10.2. The second-order valence-electron chi connectivity index (χ2n) is 6.53. The fraction of sp³-hybridized carbons (Fsp3) is 0.556. The summed E-state index contributed by atoms with van der Waals surface area (Å²) in [5.41, 5.74) is 0.517. The lowest BCUT2D eigenvalue weighted by Crippen LogP contribution is -2.41. The van der Waals surface area contributed by atoms with Gasteiger partial charge in [-0.2, -0.15) is 0 Å². The summed E-state index contributed by atoms with van der Waals surface area (Å²) in [4.78, 5) is 26.8. The summed E-state index contributed by atoms with van der Waals surface area (Å²) < 4.78 is 10.5. The van der Waals surface area contributed by atoms with Crippen LogP contribution in [0.2, 0.25) is 5.02 Å². The Morgan fingerprint density at radius 2 is 2.00 bits per heavy atom. The van der Waals surface area contributed by atoms with Crippen LogP contribution in [0.15, 0.2) is 18.2 Å². The third-order valence-corrected chi connectivity index (χ3v) is 4.95. The summed E-state index contributed by atoms with van der Waals surface area (Å²) in [5.74, 6) is -0.266. The van der Waals surface area contributed by atoms with Crippen LogP contribution in [0.25, 0.3) is 0 Å². The van der Waals surface area contributed by atoms with Crippen LogP contribution >= 0.6 is 11.6 Å². The molecule has 2 N–H and O–H groups in total. The highest BCUT2D eigenvalue weighted by molar-refractivity contribution is 6.31. The molecule has 1 aliphatic carbocycles. The summed E-state index contributed by atoms with van der Waals surface area (Å²) in [7, 11) is 1.53. The van der Waals surface area contributed by atoms with E-state index in [2.05, 4.69) is 15.5 Å². The lowest BCUT2D eigenvalue weighted by molar-refractivity contribution is -0.125. The zero-order chi connectivity index (χ0) is 18.5. The Morgan fingerprint density at radius 1 is 1.27 bits per heavy atom. The smallest absolute Gasteiger partial charge is 0.228 e. The molecule has 0 spiro atoms. The van der Waals surface area contributed by atoms with Crippen molar-refractivity contribution in [2.45, 2.75) is 6.42 Å². The van der Waals surface area contributed by atoms with Gasteiger partial charge < -0.3 is 20.1 Å². The topological polar surface area (TPSA) is 79.9 Å². The molecule has 1 saturated carbocycles. The molecule has 0 radical (unpaired) electrons. The molecule has 2 atom stereocenters. The van der Waals surface area contributed by atoms with Crippen LogP contribution in [0.3, 0.4) is 0 Å². The summed E-state index contributed by atoms with van der Waals surface area (Å²) in [6.07, 6.45) is 0.568. The molecule has 8 heteroatoms. The molecule has 26 heavy (non-hydrogen) atoms. The van der Waals surface area contributed by atoms with E-state index in [0.29, 0.717) is 29.4 Å². The minimum atomic E-state index is -0.304. The van der Waals surface area contributed by atoms with E-state index in [9.17, 15) is 9.59 Å². The van der Waals surface area contributed by atoms with Gasteiger partial charge in [0, 0.05) is 31.2 Å². The molecule has 2 aliphatic rings. The predicted molar refractivity (Wildman–Crippen MR) is 98.5 cm³/mol. The number of nitrogens with one attached hydrogen (secondary N) is 2. The summed E-state index contributed by atoms with van der Waals surface area (Å²) in [5, 5.41) is 6.24. The van der Waals surface area contributed by atoms with Gasteiger partial charge in [-0.05, 0) is 24.6 Å². The Labute approximate surface area is 158 Å². The standard InChI is InChI=1S/C18H24ClN3O4/c1-25-16-3-2-12(19)10-15(16)21-18(24)14-11-13(14)17(23)20-4-5-22-6-8-26-9-7-22/h2-3,10,13-14H,4-9,11H2,1H3,(H,20,23)(H,21,24). The van der Waals surface area contributed by atoms with E-state index in [4.69, 9.17) is 21.1 Å². The average Bonchev–Trinajstić information content (AvgIpc) is 3.44. The van der Waals surface area contributed by atoms with Crippen LogP contribution in [0.1, 0.15) is 6.42 Å². The van der Waals surface area contributed by atoms with Crippen LogP contribution in [0, 0.1) is 11.8 Å². The highest BCUT2D eigenvalue weighted by atomic mass is 35.5. The normalized spacial score (nSPS) is 22.5. The van der Waals surface area contributed by atoms with Crippen molar-refractivity contribution in [2.75, 3.05) is 51.8 Å². The number of ether oxygens (including phenoxy) is 2. The highest BCUT2D eigenvalue weighted by Crippen LogP contribution is 2.40. The third-order valence-electron chi connectivity index (χ3n) is 4.71. The second-order valence-corrected chi connectivity index (χ2v) is 6.96. The van der Waals surface area contributed by atoms with E-state index in [1.165, 1.54) is 7.11 Å². The average molecular weight is 382 g/mol. The van der Waals surface area contributed by atoms with Crippen LogP contribution in [0.4, 0.5) is 5.69 Å². The monoisotopic (exact) mass is 381 g/mol. The van der Waals surface area contributed by atoms with Crippen LogP contribution in [-0.4, -0.2) is 63.2 Å². The lowest BCUT2D eigenvalue weighted by Gasteiger charge is -2.26. The van der Waals surface area contributed by atoms with Gasteiger partial charge in [-0.3, -0.25) is 14.5 Å². The van der Waals surface area contributed by atoms with E-state index in [1.54, 1.807) is 18.2 Å². The fourth-order valence-corrected chi connectivity index (χ4v) is 3.24. The maximum absolute atomic E-state index is 12.4. The quantitative estimate of drug-likeness (QED) is 0.745. The number of amides is 2. The Hall–Kier alpha value is -1.83. The van der Waals surface area contributed by atoms with Crippen molar-refractivity contribution < 1.29 is 19.1 Å². The molecule has 142 valence electrons. The predicted octanol–water partition coefficient (Wildman–Crippen LogP) is 1.37. The number of anilines is 1. The van der Waals surface area contributed by atoms with E-state index < -0.39 is 0 Å². The van der Waals surface area contributed by atoms with Crippen molar-refractivity contribution in [3.8, 4) is 5.75 Å². The minimum Gasteiger partial charge on any atom is -0.495 e. The number of hydrogen-bond donors (Lipinski definition) is 2. The molecule has 1 aromatic carbocycles. The molecule has 1 aliphatic heterocycles. The SMILES string of the molecule is COc1ccc(Cl)cc1NC(=O)C1CC1C(=O)NCCN1CCOCC1. The van der Waals surface area contributed by atoms with Crippen LogP contribution < -0.4 is 15.4 Å². The van der Waals surface area contributed by atoms with E-state index in [1.807, 2.05) is 0 Å². The van der Waals surface area contributed by atoms with Crippen LogP contribution in [0.5, 0.6) is 5.75 Å². The minimum absolute atomic E-state index is 0.0588. The van der Waals surface area contributed by atoms with Crippen molar-refractivity contribution >= 4 is 29.1 Å². The van der Waals surface area contributed by atoms with Gasteiger partial charge in [-0.25, -0.2) is 0 Å². The number of morpholine rings is 1. The highest BCUT2D eigenvalue weighted by Gasteiger charge is 2.48. The number of rotatable bonds is 7. The number of halogens is 1. The van der Waals surface area contributed by atoms with Crippen molar-refractivity contribution in [3.05, 3.63) is 23.2 Å². The molecule has 2 unspecified atom stereocenters. The zero-order valence-electron chi connectivity index (χ0n) is 14.8. The molecule has 0 bridgehead atoms. The van der Waals surface area contributed by atoms with E-state index >= 15 is 0 Å². The number of methoxy groups -OCH3 is 1. The van der Waals surface area contributed by atoms with Gasteiger partial charge in [-0.15, -0.1) is 0 Å². The summed E-state index contributed by atoms with van der Waals surface area (Å²) in [6, 6.07) is 5.02. The van der Waals surface area contributed by atoms with E-state index in [0.717, 1.165) is 32.8 Å². The molecular formula is C18H24ClN3O4. The summed E-state index contributed by atoms with van der Waals surface area (Å²) in [6.45, 7) is 4.67. The first-order chi connectivity index (χ1) is 12.6. The molecule has 7 nitrogen and oxygen atoms in total. The van der Waals surface area contributed by atoms with Gasteiger partial charge >= 0.3 is 0 Å². The Balaban J connectivity index is 1.43. The first kappa shape index (κ1) is 18.9. The molecule has 2 amide bonds. The van der Waals surface area contributed by atoms with Crippen molar-refractivity contribution in [1.82, 2.24) is 10.2 Å². The Bertz CT molecular complexity index is 664. The number of carbonyl (C=O) groups excluding carboxylic acids is 2. The molecule has 0 aromatic heterocycles. The number of benzene rings is 1. The molecule has 2 fully saturated rings. The van der Waals surface area contributed by atoms with Gasteiger partial charge in [-0.1, -0.05) is 11.6 Å². The maximum Gasteiger partial charge on any atom is 0.228 e.